The van der Waals surface area contributed by atoms with Crippen molar-refractivity contribution in [3.63, 3.8) is 0 Å². The first-order valence-corrected chi connectivity index (χ1v) is 13.3. The van der Waals surface area contributed by atoms with Gasteiger partial charge in [0.2, 0.25) is 5.95 Å². The van der Waals surface area contributed by atoms with E-state index in [0.29, 0.717) is 19.6 Å². The zero-order chi connectivity index (χ0) is 24.3. The third-order valence-electron chi connectivity index (χ3n) is 7.67. The van der Waals surface area contributed by atoms with Crippen LogP contribution in [0.5, 0.6) is 0 Å². The van der Waals surface area contributed by atoms with Crippen LogP contribution in [0.25, 0.3) is 0 Å². The van der Waals surface area contributed by atoms with Gasteiger partial charge in [-0.1, -0.05) is 54.6 Å². The van der Waals surface area contributed by atoms with E-state index in [1.807, 2.05) is 35.2 Å². The summed E-state index contributed by atoms with van der Waals surface area (Å²) < 4.78 is 0. The van der Waals surface area contributed by atoms with Gasteiger partial charge >= 0.3 is 6.03 Å². The van der Waals surface area contributed by atoms with Crippen molar-refractivity contribution in [2.75, 3.05) is 36.0 Å². The van der Waals surface area contributed by atoms with Gasteiger partial charge in [-0.25, -0.2) is 9.78 Å². The second-order valence-corrected chi connectivity index (χ2v) is 10.1. The minimum absolute atomic E-state index is 0.0224. The minimum atomic E-state index is -0.0224. The summed E-state index contributed by atoms with van der Waals surface area (Å²) in [6.45, 7) is 5.59. The Kier molecular flexibility index (Phi) is 6.45. The number of aromatic nitrogens is 2. The molecule has 0 saturated carbocycles. The molecule has 0 radical (unpaired) electrons. The number of nitrogens with zero attached hydrogens (tertiary/aromatic N) is 5. The average molecular weight is 483 g/mol. The van der Waals surface area contributed by atoms with Crippen LogP contribution < -0.4 is 15.1 Å². The van der Waals surface area contributed by atoms with E-state index in [1.54, 1.807) is 0 Å². The first-order valence-electron chi connectivity index (χ1n) is 13.3. The summed E-state index contributed by atoms with van der Waals surface area (Å²) in [7, 11) is 0. The first kappa shape index (κ1) is 22.8. The second kappa shape index (κ2) is 10.2. The van der Waals surface area contributed by atoms with Gasteiger partial charge in [0.25, 0.3) is 0 Å². The fraction of sp³-hybridized carbons (Fsp3) is 0.414. The van der Waals surface area contributed by atoms with Gasteiger partial charge in [-0.2, -0.15) is 4.98 Å². The minimum Gasteiger partial charge on any atom is -0.356 e. The molecule has 0 atom stereocenters. The Morgan fingerprint density at radius 3 is 2.39 bits per heavy atom. The zero-order valence-corrected chi connectivity index (χ0v) is 20.8. The maximum Gasteiger partial charge on any atom is 0.317 e. The Labute approximate surface area is 213 Å². The molecule has 0 aliphatic carbocycles. The van der Waals surface area contributed by atoms with E-state index in [9.17, 15) is 4.79 Å². The van der Waals surface area contributed by atoms with E-state index in [2.05, 4.69) is 39.4 Å². The number of benzene rings is 2. The molecule has 0 unspecified atom stereocenters. The lowest BCUT2D eigenvalue weighted by Crippen LogP contribution is -2.44. The molecule has 3 aromatic rings. The largest absolute Gasteiger partial charge is 0.356 e. The van der Waals surface area contributed by atoms with Gasteiger partial charge in [0.05, 0.1) is 12.2 Å². The highest BCUT2D eigenvalue weighted by atomic mass is 16.2. The molecule has 4 heterocycles. The van der Waals surface area contributed by atoms with Gasteiger partial charge < -0.3 is 20.0 Å². The van der Waals surface area contributed by atoms with Crippen LogP contribution in [-0.4, -0.2) is 47.1 Å². The average Bonchev–Trinajstić information content (AvgIpc) is 2.95. The molecule has 0 bridgehead atoms. The van der Waals surface area contributed by atoms with Crippen molar-refractivity contribution < 1.29 is 4.79 Å². The number of fused-ring (bicyclic) bond motifs is 2. The van der Waals surface area contributed by atoms with Crippen LogP contribution in [0.4, 0.5) is 16.6 Å². The molecule has 3 aliphatic rings. The Balaban J connectivity index is 1.25. The summed E-state index contributed by atoms with van der Waals surface area (Å²) in [5.41, 5.74) is 6.13. The zero-order valence-electron chi connectivity index (χ0n) is 20.8. The number of carbonyl (C=O) groups excluding carboxylic acids is 1. The summed E-state index contributed by atoms with van der Waals surface area (Å²) in [6.07, 6.45) is 5.42. The van der Waals surface area contributed by atoms with Gasteiger partial charge in [0, 0.05) is 51.3 Å². The van der Waals surface area contributed by atoms with E-state index in [0.717, 1.165) is 67.6 Å². The Hall–Kier alpha value is -3.61. The molecule has 7 nitrogen and oxygen atoms in total. The quantitative estimate of drug-likeness (QED) is 0.601. The van der Waals surface area contributed by atoms with Gasteiger partial charge in [-0.15, -0.1) is 0 Å². The van der Waals surface area contributed by atoms with Crippen molar-refractivity contribution >= 4 is 17.8 Å². The molecule has 36 heavy (non-hydrogen) atoms. The van der Waals surface area contributed by atoms with Gasteiger partial charge in [0.15, 0.2) is 0 Å². The highest BCUT2D eigenvalue weighted by molar-refractivity contribution is 5.75. The summed E-state index contributed by atoms with van der Waals surface area (Å²) in [6, 6.07) is 18.7. The van der Waals surface area contributed by atoms with Crippen molar-refractivity contribution in [3.8, 4) is 0 Å². The number of rotatable bonds is 4. The molecule has 1 saturated heterocycles. The number of piperidine rings is 1. The summed E-state index contributed by atoms with van der Waals surface area (Å²) in [5.74, 6) is 1.87. The van der Waals surface area contributed by atoms with Crippen LogP contribution in [0.2, 0.25) is 0 Å². The van der Waals surface area contributed by atoms with Crippen LogP contribution in [0.15, 0.2) is 54.6 Å². The summed E-state index contributed by atoms with van der Waals surface area (Å²) >= 11 is 0. The standard InChI is InChI=1S/C29H34N6O/c36-29(30-19-22-9-3-1-4-10-22)35-18-14-26-25(21-35)27(33-15-7-2-8-16-33)32-28(31-26)34-17-13-23-11-5-6-12-24(23)20-34/h1,3-6,9-12H,2,7-8,13-21H2,(H,30,36). The van der Waals surface area contributed by atoms with Crippen LogP contribution in [0, 0.1) is 0 Å². The van der Waals surface area contributed by atoms with Crippen LogP contribution in [0.1, 0.15) is 47.2 Å². The van der Waals surface area contributed by atoms with Crippen molar-refractivity contribution in [2.24, 2.45) is 0 Å². The molecular weight excluding hydrogens is 448 g/mol. The number of hydrogen-bond donors (Lipinski definition) is 1. The predicted molar refractivity (Wildman–Crippen MR) is 142 cm³/mol. The molecule has 1 N–H and O–H groups in total. The van der Waals surface area contributed by atoms with E-state index >= 15 is 0 Å². The summed E-state index contributed by atoms with van der Waals surface area (Å²) in [4.78, 5) is 30.0. The summed E-state index contributed by atoms with van der Waals surface area (Å²) in [5, 5.41) is 3.10. The lowest BCUT2D eigenvalue weighted by molar-refractivity contribution is 0.191. The molecule has 186 valence electrons. The molecule has 2 amide bonds. The van der Waals surface area contributed by atoms with Crippen molar-refractivity contribution in [1.29, 1.82) is 0 Å². The molecule has 3 aliphatic heterocycles. The lowest BCUT2D eigenvalue weighted by Gasteiger charge is -2.36. The second-order valence-electron chi connectivity index (χ2n) is 10.1. The maximum atomic E-state index is 13.1. The maximum absolute atomic E-state index is 13.1. The molecular formula is C29H34N6O. The topological polar surface area (TPSA) is 64.6 Å². The van der Waals surface area contributed by atoms with E-state index in [-0.39, 0.29) is 6.03 Å². The van der Waals surface area contributed by atoms with Crippen LogP contribution >= 0.6 is 0 Å². The Morgan fingerprint density at radius 2 is 1.56 bits per heavy atom. The molecule has 1 aromatic heterocycles. The lowest BCUT2D eigenvalue weighted by atomic mass is 10.00. The van der Waals surface area contributed by atoms with Gasteiger partial charge in [-0.05, 0) is 42.4 Å². The number of carbonyl (C=O) groups is 1. The number of hydrogen-bond acceptors (Lipinski definition) is 5. The smallest absolute Gasteiger partial charge is 0.317 e. The number of urea groups is 1. The Morgan fingerprint density at radius 1 is 0.778 bits per heavy atom. The molecule has 7 heteroatoms. The molecule has 0 spiro atoms. The fourth-order valence-corrected chi connectivity index (χ4v) is 5.62. The van der Waals surface area contributed by atoms with Gasteiger partial charge in [-0.3, -0.25) is 0 Å². The number of nitrogens with one attached hydrogen (secondary N) is 1. The Bertz CT molecular complexity index is 1220. The normalized spacial score (nSPS) is 17.4. The third-order valence-corrected chi connectivity index (χ3v) is 7.67. The third kappa shape index (κ3) is 4.74. The van der Waals surface area contributed by atoms with Crippen molar-refractivity contribution in [2.45, 2.75) is 51.7 Å². The van der Waals surface area contributed by atoms with Crippen molar-refractivity contribution in [1.82, 2.24) is 20.2 Å². The van der Waals surface area contributed by atoms with E-state index < -0.39 is 0 Å². The fourth-order valence-electron chi connectivity index (χ4n) is 5.62. The van der Waals surface area contributed by atoms with Crippen LogP contribution in [0.3, 0.4) is 0 Å². The molecule has 1 fully saturated rings. The van der Waals surface area contributed by atoms with E-state index in [4.69, 9.17) is 9.97 Å². The van der Waals surface area contributed by atoms with E-state index in [1.165, 1.54) is 30.4 Å². The number of anilines is 2. The molecule has 6 rings (SSSR count). The predicted octanol–water partition coefficient (Wildman–Crippen LogP) is 4.30. The SMILES string of the molecule is O=C(NCc1ccccc1)N1CCc2nc(N3CCc4ccccc4C3)nc(N3CCCCC3)c2C1. The van der Waals surface area contributed by atoms with Gasteiger partial charge in [0.1, 0.15) is 5.82 Å². The van der Waals surface area contributed by atoms with Crippen molar-refractivity contribution in [3.05, 3.63) is 82.5 Å². The molecule has 2 aromatic carbocycles. The van der Waals surface area contributed by atoms with Crippen LogP contribution in [-0.2, 0) is 32.5 Å². The highest BCUT2D eigenvalue weighted by Gasteiger charge is 2.30. The first-order chi connectivity index (χ1) is 17.7. The monoisotopic (exact) mass is 482 g/mol. The highest BCUT2D eigenvalue weighted by Crippen LogP contribution is 2.32. The number of amides is 2.